The van der Waals surface area contributed by atoms with Crippen LogP contribution in [0.25, 0.3) is 11.0 Å². The second kappa shape index (κ2) is 4.01. The number of rotatable bonds is 5. The van der Waals surface area contributed by atoms with Gasteiger partial charge in [0.15, 0.2) is 0 Å². The molecule has 0 radical (unpaired) electrons. The largest absolute Gasteiger partial charge is 0.342 e. The molecule has 0 saturated heterocycles. The molecular weight excluding hydrogens is 222 g/mol. The molecule has 0 unspecified atom stereocenters. The van der Waals surface area contributed by atoms with Crippen molar-refractivity contribution in [3.8, 4) is 0 Å². The minimum Gasteiger partial charge on any atom is -0.342 e. The van der Waals surface area contributed by atoms with Crippen molar-refractivity contribution in [3.05, 3.63) is 24.3 Å². The van der Waals surface area contributed by atoms with Crippen LogP contribution in [0.4, 0.5) is 5.95 Å². The first-order chi connectivity index (χ1) is 8.88. The number of hydrogen-bond acceptors (Lipinski definition) is 2. The van der Waals surface area contributed by atoms with Crippen molar-refractivity contribution in [2.75, 3.05) is 18.0 Å². The molecule has 1 N–H and O–H groups in total. The molecule has 0 amide bonds. The molecule has 2 fully saturated rings. The van der Waals surface area contributed by atoms with Crippen LogP contribution >= 0.6 is 0 Å². The topological polar surface area (TPSA) is 31.9 Å². The van der Waals surface area contributed by atoms with Crippen molar-refractivity contribution in [2.45, 2.75) is 25.7 Å². The van der Waals surface area contributed by atoms with E-state index in [2.05, 4.69) is 34.1 Å². The van der Waals surface area contributed by atoms with Gasteiger partial charge in [-0.05, 0) is 49.7 Å². The summed E-state index contributed by atoms with van der Waals surface area (Å²) in [6.45, 7) is 2.38. The summed E-state index contributed by atoms with van der Waals surface area (Å²) in [6, 6.07) is 8.31. The van der Waals surface area contributed by atoms with Crippen molar-refractivity contribution in [1.29, 1.82) is 0 Å². The van der Waals surface area contributed by atoms with Crippen LogP contribution in [0.5, 0.6) is 0 Å². The molecule has 3 nitrogen and oxygen atoms in total. The number of nitrogens with one attached hydrogen (secondary N) is 1. The molecule has 1 aromatic heterocycles. The first-order valence-electron chi connectivity index (χ1n) is 7.08. The highest BCUT2D eigenvalue weighted by molar-refractivity contribution is 5.77. The molecule has 3 heteroatoms. The van der Waals surface area contributed by atoms with Gasteiger partial charge in [0.1, 0.15) is 0 Å². The van der Waals surface area contributed by atoms with Crippen LogP contribution in [0.3, 0.4) is 0 Å². The van der Waals surface area contributed by atoms with Crippen molar-refractivity contribution in [1.82, 2.24) is 9.97 Å². The van der Waals surface area contributed by atoms with Crippen molar-refractivity contribution < 1.29 is 0 Å². The summed E-state index contributed by atoms with van der Waals surface area (Å²) in [6.07, 6.45) is 5.62. The highest BCUT2D eigenvalue weighted by Crippen LogP contribution is 2.35. The first-order valence-corrected chi connectivity index (χ1v) is 7.08. The van der Waals surface area contributed by atoms with Crippen molar-refractivity contribution >= 4 is 17.0 Å². The maximum Gasteiger partial charge on any atom is 0.203 e. The Bertz CT molecular complexity index is 505. The quantitative estimate of drug-likeness (QED) is 0.871. The SMILES string of the molecule is c1ccc2[nH]c(N(CC3CC3)CC3CC3)nc2c1. The second-order valence-corrected chi connectivity index (χ2v) is 5.87. The smallest absolute Gasteiger partial charge is 0.203 e. The molecule has 0 bridgehead atoms. The van der Waals surface area contributed by atoms with E-state index in [1.807, 2.05) is 0 Å². The van der Waals surface area contributed by atoms with E-state index in [0.29, 0.717) is 0 Å². The number of para-hydroxylation sites is 2. The van der Waals surface area contributed by atoms with E-state index >= 15 is 0 Å². The summed E-state index contributed by atoms with van der Waals surface area (Å²) in [7, 11) is 0. The molecule has 4 rings (SSSR count). The monoisotopic (exact) mass is 241 g/mol. The third kappa shape index (κ3) is 2.09. The predicted octanol–water partition coefficient (Wildman–Crippen LogP) is 3.19. The molecule has 0 aliphatic heterocycles. The van der Waals surface area contributed by atoms with Gasteiger partial charge in [-0.15, -0.1) is 0 Å². The van der Waals surface area contributed by atoms with Crippen molar-refractivity contribution in [2.24, 2.45) is 11.8 Å². The van der Waals surface area contributed by atoms with E-state index in [1.54, 1.807) is 0 Å². The lowest BCUT2D eigenvalue weighted by molar-refractivity contribution is 0.666. The average Bonchev–Trinajstić information content (AvgIpc) is 3.29. The Morgan fingerprint density at radius 1 is 1.06 bits per heavy atom. The summed E-state index contributed by atoms with van der Waals surface area (Å²) in [5, 5.41) is 0. The molecule has 1 aromatic carbocycles. The lowest BCUT2D eigenvalue weighted by Crippen LogP contribution is -2.29. The molecule has 18 heavy (non-hydrogen) atoms. The van der Waals surface area contributed by atoms with E-state index in [-0.39, 0.29) is 0 Å². The van der Waals surface area contributed by atoms with Gasteiger partial charge in [0.05, 0.1) is 11.0 Å². The third-order valence-electron chi connectivity index (χ3n) is 4.03. The lowest BCUT2D eigenvalue weighted by Gasteiger charge is -2.21. The number of aromatic amines is 1. The van der Waals surface area contributed by atoms with Crippen LogP contribution in [0.2, 0.25) is 0 Å². The minimum atomic E-state index is 0.914. The van der Waals surface area contributed by atoms with Gasteiger partial charge >= 0.3 is 0 Å². The Hall–Kier alpha value is -1.51. The summed E-state index contributed by atoms with van der Waals surface area (Å²) >= 11 is 0. The Balaban J connectivity index is 1.62. The molecule has 2 aliphatic rings. The highest BCUT2D eigenvalue weighted by Gasteiger charge is 2.30. The van der Waals surface area contributed by atoms with Crippen LogP contribution in [0.1, 0.15) is 25.7 Å². The summed E-state index contributed by atoms with van der Waals surface area (Å²) in [5.41, 5.74) is 2.24. The fourth-order valence-electron chi connectivity index (χ4n) is 2.56. The molecule has 2 aromatic rings. The zero-order valence-corrected chi connectivity index (χ0v) is 10.6. The molecule has 0 spiro atoms. The zero-order chi connectivity index (χ0) is 11.9. The maximum absolute atomic E-state index is 4.75. The fraction of sp³-hybridized carbons (Fsp3) is 0.533. The van der Waals surface area contributed by atoms with Crippen LogP contribution in [0.15, 0.2) is 24.3 Å². The van der Waals surface area contributed by atoms with E-state index < -0.39 is 0 Å². The Morgan fingerprint density at radius 3 is 2.33 bits per heavy atom. The van der Waals surface area contributed by atoms with Crippen molar-refractivity contribution in [3.63, 3.8) is 0 Å². The molecule has 94 valence electrons. The predicted molar refractivity (Wildman–Crippen MR) is 73.8 cm³/mol. The minimum absolute atomic E-state index is 0.914. The number of benzene rings is 1. The molecule has 0 atom stereocenters. The standard InChI is InChI=1S/C15H19N3/c1-2-4-14-13(3-1)16-15(17-14)18(9-11-5-6-11)10-12-7-8-12/h1-4,11-12H,5-10H2,(H,16,17). The van der Waals surface area contributed by atoms with E-state index in [4.69, 9.17) is 4.98 Å². The van der Waals surface area contributed by atoms with Gasteiger partial charge in [-0.3, -0.25) is 0 Å². The van der Waals surface area contributed by atoms with Gasteiger partial charge in [-0.1, -0.05) is 12.1 Å². The summed E-state index contributed by atoms with van der Waals surface area (Å²) in [4.78, 5) is 10.7. The zero-order valence-electron chi connectivity index (χ0n) is 10.6. The number of aromatic nitrogens is 2. The van der Waals surface area contributed by atoms with Crippen LogP contribution in [0, 0.1) is 11.8 Å². The van der Waals surface area contributed by atoms with Crippen LogP contribution in [-0.2, 0) is 0 Å². The number of imidazole rings is 1. The van der Waals surface area contributed by atoms with E-state index in [1.165, 1.54) is 38.8 Å². The molecule has 2 saturated carbocycles. The molecular formula is C15H19N3. The van der Waals surface area contributed by atoms with Crippen LogP contribution < -0.4 is 4.90 Å². The fourth-order valence-corrected chi connectivity index (χ4v) is 2.56. The van der Waals surface area contributed by atoms with Gasteiger partial charge in [0.2, 0.25) is 5.95 Å². The van der Waals surface area contributed by atoms with Gasteiger partial charge in [-0.2, -0.15) is 0 Å². The van der Waals surface area contributed by atoms with Gasteiger partial charge in [0.25, 0.3) is 0 Å². The highest BCUT2D eigenvalue weighted by atomic mass is 15.3. The average molecular weight is 241 g/mol. The molecule has 1 heterocycles. The Kier molecular flexibility index (Phi) is 2.32. The Labute approximate surface area is 107 Å². The summed E-state index contributed by atoms with van der Waals surface area (Å²) < 4.78 is 0. The molecule has 2 aliphatic carbocycles. The van der Waals surface area contributed by atoms with E-state index in [9.17, 15) is 0 Å². The summed E-state index contributed by atoms with van der Waals surface area (Å²) in [5.74, 6) is 2.91. The van der Waals surface area contributed by atoms with Gasteiger partial charge in [0, 0.05) is 13.1 Å². The number of hydrogen-bond donors (Lipinski definition) is 1. The number of fused-ring (bicyclic) bond motifs is 1. The van der Waals surface area contributed by atoms with Gasteiger partial charge in [-0.25, -0.2) is 4.98 Å². The van der Waals surface area contributed by atoms with E-state index in [0.717, 1.165) is 28.8 Å². The normalized spacial score (nSPS) is 19.3. The second-order valence-electron chi connectivity index (χ2n) is 5.87. The van der Waals surface area contributed by atoms with Gasteiger partial charge < -0.3 is 9.88 Å². The number of anilines is 1. The number of nitrogens with zero attached hydrogens (tertiary/aromatic N) is 2. The van der Waals surface area contributed by atoms with Crippen LogP contribution in [-0.4, -0.2) is 23.1 Å². The Morgan fingerprint density at radius 2 is 1.72 bits per heavy atom. The first kappa shape index (κ1) is 10.4. The maximum atomic E-state index is 4.75. The lowest BCUT2D eigenvalue weighted by atomic mass is 10.3. The number of H-pyrrole nitrogens is 1. The third-order valence-corrected chi connectivity index (χ3v) is 4.03.